The molecule has 2 heterocycles. The summed E-state index contributed by atoms with van der Waals surface area (Å²) in [6, 6.07) is 6.38. The lowest BCUT2D eigenvalue weighted by Gasteiger charge is -2.38. The number of aromatic nitrogens is 2. The average molecular weight is 656 g/mol. The molecule has 5 rings (SSSR count). The minimum atomic E-state index is -3.01. The molecule has 2 aliphatic carbocycles. The molecule has 47 heavy (non-hydrogen) atoms. The van der Waals surface area contributed by atoms with Crippen molar-refractivity contribution in [2.45, 2.75) is 103 Å². The van der Waals surface area contributed by atoms with Crippen LogP contribution in [0.5, 0.6) is 0 Å². The standard InChI is InChI=1S/C35H47F2N5O5/c1-5-47-33(46)27-24-16-17-35(36,37)25(24)21-42(27)32(45)28(34(2,3)4)40-30(43)26(23-14-10-7-11-15-23)39-31(44)29-38-18-19-41(29)20-22-12-8-6-9-13-22/h6,8-9,12-13,18-19,23-28H,5,7,10-11,14-17,20-21H2,1-4H3,(H,39,44)(H,40,43)/t24-,25-,26?,27-,28?/m0/s1. The highest BCUT2D eigenvalue weighted by atomic mass is 19.3. The number of hydrogen-bond acceptors (Lipinski definition) is 6. The maximum absolute atomic E-state index is 14.9. The Kier molecular flexibility index (Phi) is 10.4. The minimum absolute atomic E-state index is 0.0525. The first kappa shape index (κ1) is 34.5. The molecule has 1 aromatic carbocycles. The number of carbonyl (C=O) groups excluding carboxylic acids is 4. The number of alkyl halides is 2. The van der Waals surface area contributed by atoms with Gasteiger partial charge in [-0.1, -0.05) is 70.4 Å². The van der Waals surface area contributed by atoms with Gasteiger partial charge in [-0.25, -0.2) is 18.6 Å². The molecule has 2 N–H and O–H groups in total. The van der Waals surface area contributed by atoms with Crippen LogP contribution in [0, 0.1) is 23.2 Å². The molecule has 0 spiro atoms. The number of nitrogens with one attached hydrogen (secondary N) is 2. The molecule has 1 aliphatic heterocycles. The van der Waals surface area contributed by atoms with Gasteiger partial charge >= 0.3 is 5.97 Å². The summed E-state index contributed by atoms with van der Waals surface area (Å²) in [5, 5.41) is 5.84. The Labute approximate surface area is 275 Å². The number of ether oxygens (including phenoxy) is 1. The minimum Gasteiger partial charge on any atom is -0.464 e. The second kappa shape index (κ2) is 14.1. The first-order valence-electron chi connectivity index (χ1n) is 16.8. The van der Waals surface area contributed by atoms with Crippen LogP contribution in [0.1, 0.15) is 88.8 Å². The van der Waals surface area contributed by atoms with Crippen molar-refractivity contribution in [1.29, 1.82) is 0 Å². The van der Waals surface area contributed by atoms with Crippen molar-refractivity contribution in [3.05, 3.63) is 54.1 Å². The monoisotopic (exact) mass is 655 g/mol. The number of nitrogens with zero attached hydrogens (tertiary/aromatic N) is 3. The smallest absolute Gasteiger partial charge is 0.329 e. The van der Waals surface area contributed by atoms with Crippen molar-refractivity contribution in [3.8, 4) is 0 Å². The molecular formula is C35H47F2N5O5. The van der Waals surface area contributed by atoms with Crippen LogP contribution < -0.4 is 10.6 Å². The topological polar surface area (TPSA) is 123 Å². The Bertz CT molecular complexity index is 1440. The van der Waals surface area contributed by atoms with Gasteiger partial charge in [-0.3, -0.25) is 14.4 Å². The Balaban J connectivity index is 1.38. The molecule has 2 unspecified atom stereocenters. The molecule has 256 valence electrons. The number of rotatable bonds is 10. The van der Waals surface area contributed by atoms with Gasteiger partial charge in [-0.15, -0.1) is 0 Å². The third-order valence-electron chi connectivity index (χ3n) is 10.0. The predicted molar refractivity (Wildman–Crippen MR) is 170 cm³/mol. The zero-order valence-corrected chi connectivity index (χ0v) is 27.7. The number of benzene rings is 1. The van der Waals surface area contributed by atoms with E-state index < -0.39 is 65.0 Å². The number of imidazole rings is 1. The van der Waals surface area contributed by atoms with Crippen LogP contribution in [0.4, 0.5) is 8.78 Å². The van der Waals surface area contributed by atoms with Crippen LogP contribution in [0.15, 0.2) is 42.7 Å². The van der Waals surface area contributed by atoms with Gasteiger partial charge in [0.2, 0.25) is 11.8 Å². The maximum Gasteiger partial charge on any atom is 0.329 e. The van der Waals surface area contributed by atoms with Crippen LogP contribution >= 0.6 is 0 Å². The van der Waals surface area contributed by atoms with Crippen LogP contribution in [-0.4, -0.2) is 75.3 Å². The van der Waals surface area contributed by atoms with E-state index in [1.54, 1.807) is 38.5 Å². The van der Waals surface area contributed by atoms with Crippen molar-refractivity contribution in [3.63, 3.8) is 0 Å². The number of fused-ring (bicyclic) bond motifs is 1. The van der Waals surface area contributed by atoms with E-state index >= 15 is 0 Å². The number of hydrogen-bond donors (Lipinski definition) is 2. The van der Waals surface area contributed by atoms with Crippen molar-refractivity contribution in [2.24, 2.45) is 23.2 Å². The van der Waals surface area contributed by atoms with Gasteiger partial charge in [-0.2, -0.15) is 0 Å². The molecule has 5 atom stereocenters. The predicted octanol–water partition coefficient (Wildman–Crippen LogP) is 4.58. The third-order valence-corrected chi connectivity index (χ3v) is 10.0. The highest BCUT2D eigenvalue weighted by molar-refractivity contribution is 5.97. The summed E-state index contributed by atoms with van der Waals surface area (Å²) in [5.74, 6) is -7.25. The lowest BCUT2D eigenvalue weighted by molar-refractivity contribution is -0.156. The summed E-state index contributed by atoms with van der Waals surface area (Å²) < 4.78 is 36.8. The number of carbonyl (C=O) groups is 4. The lowest BCUT2D eigenvalue weighted by atomic mass is 9.82. The van der Waals surface area contributed by atoms with Crippen LogP contribution in [0.3, 0.4) is 0 Å². The van der Waals surface area contributed by atoms with E-state index in [1.807, 2.05) is 30.3 Å². The zero-order valence-electron chi connectivity index (χ0n) is 27.7. The molecule has 3 aliphatic rings. The third kappa shape index (κ3) is 7.51. The Morgan fingerprint density at radius 2 is 1.74 bits per heavy atom. The molecular weight excluding hydrogens is 608 g/mol. The molecule has 1 aromatic heterocycles. The highest BCUT2D eigenvalue weighted by Crippen LogP contribution is 2.51. The maximum atomic E-state index is 14.9. The van der Waals surface area contributed by atoms with Gasteiger partial charge in [-0.05, 0) is 43.1 Å². The number of halogens is 2. The fraction of sp³-hybridized carbons (Fsp3) is 0.629. The summed E-state index contributed by atoms with van der Waals surface area (Å²) >= 11 is 0. The summed E-state index contributed by atoms with van der Waals surface area (Å²) in [6.45, 7) is 7.13. The normalized spacial score (nSPS) is 23.9. The van der Waals surface area contributed by atoms with Crippen LogP contribution in [-0.2, 0) is 25.7 Å². The van der Waals surface area contributed by atoms with E-state index in [1.165, 1.54) is 11.1 Å². The molecule has 1 saturated heterocycles. The van der Waals surface area contributed by atoms with Gasteiger partial charge in [0.05, 0.1) is 6.61 Å². The quantitative estimate of drug-likeness (QED) is 0.362. The van der Waals surface area contributed by atoms with Crippen molar-refractivity contribution >= 4 is 23.7 Å². The SMILES string of the molecule is CCOC(=O)[C@@H]1[C@H]2CCC(F)(F)[C@H]2CN1C(=O)C(NC(=O)C(NC(=O)c1nccn1Cc1ccccc1)C1CCCCC1)C(C)(C)C. The fourth-order valence-corrected chi connectivity index (χ4v) is 7.56. The van der Waals surface area contributed by atoms with E-state index in [2.05, 4.69) is 15.6 Å². The van der Waals surface area contributed by atoms with E-state index in [0.29, 0.717) is 6.54 Å². The number of amides is 3. The summed E-state index contributed by atoms with van der Waals surface area (Å²) in [4.78, 5) is 60.7. The summed E-state index contributed by atoms with van der Waals surface area (Å²) in [6.07, 6.45) is 7.29. The molecule has 12 heteroatoms. The van der Waals surface area contributed by atoms with E-state index in [4.69, 9.17) is 4.74 Å². The van der Waals surface area contributed by atoms with Crippen molar-refractivity contribution in [1.82, 2.24) is 25.1 Å². The molecule has 10 nitrogen and oxygen atoms in total. The molecule has 2 aromatic rings. The Morgan fingerprint density at radius 3 is 2.40 bits per heavy atom. The average Bonchev–Trinajstić information content (AvgIpc) is 3.74. The van der Waals surface area contributed by atoms with Crippen LogP contribution in [0.25, 0.3) is 0 Å². The summed E-state index contributed by atoms with van der Waals surface area (Å²) in [5.41, 5.74) is 0.136. The second-order valence-electron chi connectivity index (χ2n) is 14.3. The molecule has 0 bridgehead atoms. The van der Waals surface area contributed by atoms with Gasteiger partial charge in [0.1, 0.15) is 18.1 Å². The largest absolute Gasteiger partial charge is 0.464 e. The van der Waals surface area contributed by atoms with Crippen LogP contribution in [0.2, 0.25) is 0 Å². The first-order chi connectivity index (χ1) is 22.3. The van der Waals surface area contributed by atoms with Crippen molar-refractivity contribution < 1.29 is 32.7 Å². The van der Waals surface area contributed by atoms with E-state index in [-0.39, 0.29) is 37.7 Å². The molecule has 0 radical (unpaired) electrons. The Morgan fingerprint density at radius 1 is 1.04 bits per heavy atom. The molecule has 2 saturated carbocycles. The second-order valence-corrected chi connectivity index (χ2v) is 14.3. The lowest BCUT2D eigenvalue weighted by Crippen LogP contribution is -2.61. The van der Waals surface area contributed by atoms with Gasteiger partial charge in [0, 0.05) is 43.7 Å². The summed E-state index contributed by atoms with van der Waals surface area (Å²) in [7, 11) is 0. The zero-order chi connectivity index (χ0) is 33.9. The van der Waals surface area contributed by atoms with E-state index in [9.17, 15) is 28.0 Å². The molecule has 3 amide bonds. The van der Waals surface area contributed by atoms with E-state index in [0.717, 1.165) is 37.7 Å². The first-order valence-corrected chi connectivity index (χ1v) is 16.8. The molecule has 3 fully saturated rings. The van der Waals surface area contributed by atoms with Gasteiger partial charge < -0.3 is 24.8 Å². The van der Waals surface area contributed by atoms with Gasteiger partial charge in [0.25, 0.3) is 11.8 Å². The Hall–Kier alpha value is -3.83. The fourth-order valence-electron chi connectivity index (χ4n) is 7.56. The number of esters is 1. The highest BCUT2D eigenvalue weighted by Gasteiger charge is 2.62. The van der Waals surface area contributed by atoms with Crippen molar-refractivity contribution in [2.75, 3.05) is 13.2 Å². The van der Waals surface area contributed by atoms with Gasteiger partial charge in [0.15, 0.2) is 5.82 Å². The number of likely N-dealkylation sites (tertiary alicyclic amines) is 1.